The number of ether oxygens (including phenoxy) is 2. The van der Waals surface area contributed by atoms with Crippen LogP contribution in [0.1, 0.15) is 76.5 Å². The molecule has 0 aromatic heterocycles. The average molecular weight is 483 g/mol. The third-order valence-corrected chi connectivity index (χ3v) is 5.95. The highest BCUT2D eigenvalue weighted by Crippen LogP contribution is 2.26. The van der Waals surface area contributed by atoms with Gasteiger partial charge < -0.3 is 14.8 Å². The maximum atomic E-state index is 13.3. The van der Waals surface area contributed by atoms with Crippen LogP contribution >= 0.6 is 0 Å². The van der Waals surface area contributed by atoms with Crippen LogP contribution in [0.4, 0.5) is 10.5 Å². The first-order valence-corrected chi connectivity index (χ1v) is 12.8. The Morgan fingerprint density at radius 3 is 2.14 bits per heavy atom. The number of carbonyl (C=O) groups is 2. The predicted molar refractivity (Wildman–Crippen MR) is 142 cm³/mol. The fraction of sp³-hybridized carbons (Fsp3) is 0.517. The lowest BCUT2D eigenvalue weighted by Crippen LogP contribution is -2.41. The predicted octanol–water partition coefficient (Wildman–Crippen LogP) is 6.71. The van der Waals surface area contributed by atoms with Gasteiger partial charge in [-0.2, -0.15) is 0 Å². The summed E-state index contributed by atoms with van der Waals surface area (Å²) in [6, 6.07) is 13.4. The smallest absolute Gasteiger partial charge is 0.349 e. The molecule has 0 aliphatic rings. The molecule has 0 aliphatic heterocycles. The van der Waals surface area contributed by atoms with E-state index in [2.05, 4.69) is 38.2 Å². The molecular formula is C29H42N2O4. The summed E-state index contributed by atoms with van der Waals surface area (Å²) in [7, 11) is 0. The van der Waals surface area contributed by atoms with Crippen LogP contribution in [-0.2, 0) is 16.1 Å². The van der Waals surface area contributed by atoms with E-state index in [1.54, 1.807) is 32.9 Å². The maximum Gasteiger partial charge on any atom is 0.349 e. The first kappa shape index (κ1) is 28.2. The molecule has 6 heteroatoms. The molecule has 0 saturated heterocycles. The molecule has 192 valence electrons. The largest absolute Gasteiger partial charge is 0.476 e. The van der Waals surface area contributed by atoms with Crippen LogP contribution in [0.5, 0.6) is 5.75 Å². The number of carbonyl (C=O) groups excluding carboxylic acids is 2. The minimum absolute atomic E-state index is 0.0957. The van der Waals surface area contributed by atoms with Gasteiger partial charge in [0.2, 0.25) is 0 Å². The number of hydrogen-bond acceptors (Lipinski definition) is 4. The number of para-hydroxylation sites is 1. The van der Waals surface area contributed by atoms with Gasteiger partial charge in [0.05, 0.1) is 12.3 Å². The van der Waals surface area contributed by atoms with E-state index in [0.717, 1.165) is 35.2 Å². The number of amides is 2. The number of unbranched alkanes of at least 4 members (excludes halogenated alkanes) is 4. The third-order valence-electron chi connectivity index (χ3n) is 5.95. The highest BCUT2D eigenvalue weighted by molar-refractivity contribution is 5.93. The quantitative estimate of drug-likeness (QED) is 0.254. The Morgan fingerprint density at radius 1 is 0.914 bits per heavy atom. The molecule has 0 aliphatic carbocycles. The molecule has 0 bridgehead atoms. The van der Waals surface area contributed by atoms with Gasteiger partial charge in [0, 0.05) is 13.1 Å². The maximum absolute atomic E-state index is 13.3. The molecule has 2 rings (SSSR count). The molecule has 6 nitrogen and oxygen atoms in total. The summed E-state index contributed by atoms with van der Waals surface area (Å²) in [6.45, 7) is 12.8. The zero-order valence-electron chi connectivity index (χ0n) is 22.3. The van der Waals surface area contributed by atoms with E-state index in [1.165, 1.54) is 19.3 Å². The van der Waals surface area contributed by atoms with Crippen LogP contribution in [0.3, 0.4) is 0 Å². The van der Waals surface area contributed by atoms with Crippen molar-refractivity contribution < 1.29 is 19.1 Å². The molecule has 1 N–H and O–H groups in total. The van der Waals surface area contributed by atoms with Crippen molar-refractivity contribution in [3.05, 3.63) is 59.2 Å². The first-order chi connectivity index (χ1) is 16.7. The Morgan fingerprint density at radius 2 is 1.54 bits per heavy atom. The summed E-state index contributed by atoms with van der Waals surface area (Å²) in [6.07, 6.45) is 5.72. The Labute approximate surface area is 211 Å². The van der Waals surface area contributed by atoms with Gasteiger partial charge in [0.1, 0.15) is 5.75 Å². The van der Waals surface area contributed by atoms with Gasteiger partial charge in [-0.05, 0) is 69.9 Å². The summed E-state index contributed by atoms with van der Waals surface area (Å²) in [5.41, 5.74) is 3.06. The van der Waals surface area contributed by atoms with Crippen molar-refractivity contribution >= 4 is 17.7 Å². The van der Waals surface area contributed by atoms with Crippen LogP contribution in [0.15, 0.2) is 42.5 Å². The van der Waals surface area contributed by atoms with E-state index in [0.29, 0.717) is 25.4 Å². The van der Waals surface area contributed by atoms with E-state index >= 15 is 0 Å². The summed E-state index contributed by atoms with van der Waals surface area (Å²) in [4.78, 5) is 27.2. The van der Waals surface area contributed by atoms with Crippen molar-refractivity contribution in [2.24, 2.45) is 0 Å². The Kier molecular flexibility index (Phi) is 11.1. The lowest BCUT2D eigenvalue weighted by atomic mass is 10.1. The molecule has 2 aromatic carbocycles. The van der Waals surface area contributed by atoms with E-state index in [1.807, 2.05) is 23.1 Å². The average Bonchev–Trinajstić information content (AvgIpc) is 2.82. The molecule has 0 spiro atoms. The second kappa shape index (κ2) is 13.8. The van der Waals surface area contributed by atoms with Crippen molar-refractivity contribution in [1.29, 1.82) is 0 Å². The number of rotatable bonds is 13. The third kappa shape index (κ3) is 8.61. The molecule has 0 heterocycles. The van der Waals surface area contributed by atoms with E-state index < -0.39 is 11.6 Å². The van der Waals surface area contributed by atoms with E-state index in [-0.39, 0.29) is 6.03 Å². The molecule has 2 aromatic rings. The number of benzene rings is 2. The Balaban J connectivity index is 2.04. The fourth-order valence-corrected chi connectivity index (χ4v) is 4.01. The van der Waals surface area contributed by atoms with Crippen LogP contribution in [0.2, 0.25) is 0 Å². The van der Waals surface area contributed by atoms with Gasteiger partial charge >= 0.3 is 12.0 Å². The van der Waals surface area contributed by atoms with Gasteiger partial charge in [-0.3, -0.25) is 4.90 Å². The van der Waals surface area contributed by atoms with Crippen molar-refractivity contribution in [1.82, 2.24) is 5.32 Å². The zero-order valence-corrected chi connectivity index (χ0v) is 22.3. The SMILES string of the molecule is CCCCCCCN(C(=O)NCc1ccc(OC(C)(C)C(=O)OCC)cc1)c1c(C)cccc1C. The van der Waals surface area contributed by atoms with Gasteiger partial charge in [-0.25, -0.2) is 9.59 Å². The highest BCUT2D eigenvalue weighted by atomic mass is 16.6. The number of anilines is 1. The van der Waals surface area contributed by atoms with Crippen molar-refractivity contribution in [2.45, 2.75) is 85.8 Å². The molecule has 2 amide bonds. The molecule has 0 atom stereocenters. The topological polar surface area (TPSA) is 67.9 Å². The highest BCUT2D eigenvalue weighted by Gasteiger charge is 2.31. The molecular weight excluding hydrogens is 440 g/mol. The van der Waals surface area contributed by atoms with E-state index in [4.69, 9.17) is 9.47 Å². The molecule has 0 saturated carbocycles. The second-order valence-electron chi connectivity index (χ2n) is 9.44. The van der Waals surface area contributed by atoms with Crippen molar-refractivity contribution in [3.63, 3.8) is 0 Å². The Hall–Kier alpha value is -3.02. The lowest BCUT2D eigenvalue weighted by molar-refractivity contribution is -0.158. The fourth-order valence-electron chi connectivity index (χ4n) is 4.01. The number of hydrogen-bond donors (Lipinski definition) is 1. The van der Waals surface area contributed by atoms with Gasteiger partial charge in [-0.15, -0.1) is 0 Å². The summed E-state index contributed by atoms with van der Waals surface area (Å²) in [5.74, 6) is 0.167. The zero-order chi connectivity index (χ0) is 25.8. The minimum Gasteiger partial charge on any atom is -0.476 e. The number of esters is 1. The molecule has 0 radical (unpaired) electrons. The summed E-state index contributed by atoms with van der Waals surface area (Å²) >= 11 is 0. The van der Waals surface area contributed by atoms with Crippen LogP contribution < -0.4 is 15.0 Å². The minimum atomic E-state index is -1.07. The summed E-state index contributed by atoms with van der Waals surface area (Å²) in [5, 5.41) is 3.08. The van der Waals surface area contributed by atoms with Gasteiger partial charge in [0.15, 0.2) is 5.60 Å². The van der Waals surface area contributed by atoms with Crippen LogP contribution in [0, 0.1) is 13.8 Å². The van der Waals surface area contributed by atoms with Crippen LogP contribution in [-0.4, -0.2) is 30.8 Å². The number of aryl methyl sites for hydroxylation is 2. The lowest BCUT2D eigenvalue weighted by Gasteiger charge is -2.27. The number of nitrogens with zero attached hydrogens (tertiary/aromatic N) is 1. The molecule has 35 heavy (non-hydrogen) atoms. The molecule has 0 unspecified atom stereocenters. The molecule has 0 fully saturated rings. The van der Waals surface area contributed by atoms with E-state index in [9.17, 15) is 9.59 Å². The number of nitrogens with one attached hydrogen (secondary N) is 1. The van der Waals surface area contributed by atoms with Crippen molar-refractivity contribution in [2.75, 3.05) is 18.1 Å². The van der Waals surface area contributed by atoms with Gasteiger partial charge in [-0.1, -0.05) is 62.9 Å². The second-order valence-corrected chi connectivity index (χ2v) is 9.44. The summed E-state index contributed by atoms with van der Waals surface area (Å²) < 4.78 is 10.9. The monoisotopic (exact) mass is 482 g/mol. The van der Waals surface area contributed by atoms with Gasteiger partial charge in [0.25, 0.3) is 0 Å². The number of urea groups is 1. The first-order valence-electron chi connectivity index (χ1n) is 12.8. The Bertz CT molecular complexity index is 933. The van der Waals surface area contributed by atoms with Crippen LogP contribution in [0.25, 0.3) is 0 Å². The standard InChI is InChI=1S/C29H42N2O4/c1-7-9-10-11-12-20-31(26-22(3)14-13-15-23(26)4)28(33)30-21-24-16-18-25(19-17-24)35-29(5,6)27(32)34-8-2/h13-19H,7-12,20-21H2,1-6H3,(H,30,33). The van der Waals surface area contributed by atoms with Crippen molar-refractivity contribution in [3.8, 4) is 5.75 Å². The normalized spacial score (nSPS) is 11.1.